The molecule has 2 atom stereocenters. The van der Waals surface area contributed by atoms with Gasteiger partial charge in [0.1, 0.15) is 5.92 Å². The van der Waals surface area contributed by atoms with Crippen LogP contribution in [0.2, 0.25) is 0 Å². The van der Waals surface area contributed by atoms with E-state index in [2.05, 4.69) is 0 Å². The zero-order chi connectivity index (χ0) is 28.0. The fourth-order valence-corrected chi connectivity index (χ4v) is 4.78. The summed E-state index contributed by atoms with van der Waals surface area (Å²) in [6.45, 7) is 3.64. The molecule has 38 heavy (non-hydrogen) atoms. The molecule has 0 N–H and O–H groups in total. The average molecular weight is 531 g/mol. The zero-order valence-electron chi connectivity index (χ0n) is 23.0. The summed E-state index contributed by atoms with van der Waals surface area (Å²) in [7, 11) is 8.98. The Hall–Kier alpha value is -4.08. The maximum atomic E-state index is 13.6. The molecule has 0 heterocycles. The van der Waals surface area contributed by atoms with E-state index in [1.165, 1.54) is 42.7 Å². The molecule has 0 radical (unpaired) electrons. The van der Waals surface area contributed by atoms with Gasteiger partial charge in [0.15, 0.2) is 23.0 Å². The first-order chi connectivity index (χ1) is 18.3. The number of ether oxygens (including phenoxy) is 8. The maximum Gasteiger partial charge on any atom is 0.334 e. The van der Waals surface area contributed by atoms with Crippen LogP contribution in [0.15, 0.2) is 23.8 Å². The van der Waals surface area contributed by atoms with Gasteiger partial charge in [-0.25, -0.2) is 4.79 Å². The standard InChI is InChI=1S/C28H34O10/c1-9-37-27(29)17-11-15-12-20(33-5)25(35-7)26(36-8)22(15)21(23(17)28(30)38-10-2)16-13-18(31-3)24(34-6)19(14-16)32-4/h11-14,21,23H,9-10H2,1-8H3/t21-,23-/m1/s1. The number of fused-ring (bicyclic) bond motifs is 1. The predicted octanol–water partition coefficient (Wildman–Crippen LogP) is 4.01. The van der Waals surface area contributed by atoms with Gasteiger partial charge in [-0.15, -0.1) is 0 Å². The Balaban J connectivity index is 2.50. The van der Waals surface area contributed by atoms with E-state index in [0.29, 0.717) is 51.2 Å². The highest BCUT2D eigenvalue weighted by atomic mass is 16.5. The Morgan fingerprint density at radius 3 is 1.68 bits per heavy atom. The van der Waals surface area contributed by atoms with Gasteiger partial charge in [-0.05, 0) is 49.2 Å². The van der Waals surface area contributed by atoms with Crippen LogP contribution in [-0.4, -0.2) is 67.8 Å². The Labute approximate surface area is 222 Å². The molecule has 3 rings (SSSR count). The summed E-state index contributed by atoms with van der Waals surface area (Å²) in [5.74, 6) is -0.932. The molecule has 2 aromatic rings. The second kappa shape index (κ2) is 12.4. The quantitative estimate of drug-likeness (QED) is 0.396. The Kier molecular flexibility index (Phi) is 9.33. The van der Waals surface area contributed by atoms with Gasteiger partial charge >= 0.3 is 11.9 Å². The van der Waals surface area contributed by atoms with E-state index in [1.54, 1.807) is 38.1 Å². The molecule has 206 valence electrons. The third kappa shape index (κ3) is 5.03. The summed E-state index contributed by atoms with van der Waals surface area (Å²) in [6.07, 6.45) is 1.61. The minimum atomic E-state index is -1.09. The number of methoxy groups -OCH3 is 6. The fraction of sp³-hybridized carbons (Fsp3) is 0.429. The van der Waals surface area contributed by atoms with Crippen molar-refractivity contribution in [2.75, 3.05) is 55.9 Å². The minimum Gasteiger partial charge on any atom is -0.493 e. The maximum absolute atomic E-state index is 13.6. The smallest absolute Gasteiger partial charge is 0.334 e. The summed E-state index contributed by atoms with van der Waals surface area (Å²) in [5, 5.41) is 0. The number of hydrogen-bond acceptors (Lipinski definition) is 10. The summed E-state index contributed by atoms with van der Waals surface area (Å²) in [4.78, 5) is 26.8. The van der Waals surface area contributed by atoms with E-state index < -0.39 is 23.8 Å². The molecule has 10 heteroatoms. The second-order valence-electron chi connectivity index (χ2n) is 8.13. The van der Waals surface area contributed by atoms with Crippen molar-refractivity contribution in [3.63, 3.8) is 0 Å². The van der Waals surface area contributed by atoms with Crippen molar-refractivity contribution >= 4 is 18.0 Å². The monoisotopic (exact) mass is 530 g/mol. The van der Waals surface area contributed by atoms with Crippen molar-refractivity contribution in [1.82, 2.24) is 0 Å². The van der Waals surface area contributed by atoms with Crippen molar-refractivity contribution < 1.29 is 47.5 Å². The molecule has 0 unspecified atom stereocenters. The highest BCUT2D eigenvalue weighted by molar-refractivity contribution is 6.02. The van der Waals surface area contributed by atoms with Crippen LogP contribution in [0.4, 0.5) is 0 Å². The topological polar surface area (TPSA) is 108 Å². The van der Waals surface area contributed by atoms with Gasteiger partial charge < -0.3 is 37.9 Å². The molecule has 2 aromatic carbocycles. The average Bonchev–Trinajstić information content (AvgIpc) is 2.94. The van der Waals surface area contributed by atoms with Gasteiger partial charge in [0, 0.05) is 11.5 Å². The van der Waals surface area contributed by atoms with Crippen molar-refractivity contribution in [2.24, 2.45) is 5.92 Å². The van der Waals surface area contributed by atoms with Crippen LogP contribution in [0.3, 0.4) is 0 Å². The molecule has 0 aromatic heterocycles. The summed E-state index contributed by atoms with van der Waals surface area (Å²) < 4.78 is 44.5. The van der Waals surface area contributed by atoms with Crippen LogP contribution in [0.5, 0.6) is 34.5 Å². The normalized spacial score (nSPS) is 15.9. The summed E-state index contributed by atoms with van der Waals surface area (Å²) >= 11 is 0. The molecule has 0 bridgehead atoms. The van der Waals surface area contributed by atoms with Crippen LogP contribution in [-0.2, 0) is 19.1 Å². The van der Waals surface area contributed by atoms with Crippen LogP contribution in [0.1, 0.15) is 36.5 Å². The van der Waals surface area contributed by atoms with Crippen LogP contribution >= 0.6 is 0 Å². The van der Waals surface area contributed by atoms with Crippen LogP contribution in [0, 0.1) is 5.92 Å². The van der Waals surface area contributed by atoms with Crippen LogP contribution in [0.25, 0.3) is 6.08 Å². The van der Waals surface area contributed by atoms with Gasteiger partial charge in [0.25, 0.3) is 0 Å². The molecule has 0 amide bonds. The van der Waals surface area contributed by atoms with E-state index in [-0.39, 0.29) is 18.8 Å². The van der Waals surface area contributed by atoms with Crippen molar-refractivity contribution in [3.8, 4) is 34.5 Å². The lowest BCUT2D eigenvalue weighted by atomic mass is 9.70. The molecule has 1 aliphatic rings. The van der Waals surface area contributed by atoms with Gasteiger partial charge in [-0.2, -0.15) is 0 Å². The first-order valence-electron chi connectivity index (χ1n) is 12.0. The van der Waals surface area contributed by atoms with Crippen LogP contribution < -0.4 is 28.4 Å². The molecule has 0 saturated carbocycles. The summed E-state index contributed by atoms with van der Waals surface area (Å²) in [6, 6.07) is 5.18. The van der Waals surface area contributed by atoms with Crippen molar-refractivity contribution in [1.29, 1.82) is 0 Å². The Bertz CT molecular complexity index is 1190. The van der Waals surface area contributed by atoms with Crippen molar-refractivity contribution in [2.45, 2.75) is 19.8 Å². The lowest BCUT2D eigenvalue weighted by Crippen LogP contribution is -2.34. The van der Waals surface area contributed by atoms with E-state index >= 15 is 0 Å². The lowest BCUT2D eigenvalue weighted by Gasteiger charge is -2.34. The molecular formula is C28H34O10. The second-order valence-corrected chi connectivity index (χ2v) is 8.13. The number of carbonyl (C=O) groups is 2. The number of esters is 2. The van der Waals surface area contributed by atoms with Gasteiger partial charge in [-0.1, -0.05) is 0 Å². The first-order valence-corrected chi connectivity index (χ1v) is 12.0. The number of benzene rings is 2. The van der Waals surface area contributed by atoms with Gasteiger partial charge in [0.05, 0.1) is 61.4 Å². The minimum absolute atomic E-state index is 0.114. The largest absolute Gasteiger partial charge is 0.493 e. The molecule has 10 nitrogen and oxygen atoms in total. The van der Waals surface area contributed by atoms with E-state index in [0.717, 1.165) is 0 Å². The molecule has 0 aliphatic heterocycles. The highest BCUT2D eigenvalue weighted by Crippen LogP contribution is 2.54. The SMILES string of the molecule is CCOC(=O)C1=Cc2cc(OC)c(OC)c(OC)c2[C@@H](c2cc(OC)c(OC)c(OC)c2)[C@@H]1C(=O)OCC. The molecule has 0 saturated heterocycles. The predicted molar refractivity (Wildman–Crippen MR) is 139 cm³/mol. The van der Waals surface area contributed by atoms with E-state index in [1.807, 2.05) is 0 Å². The Morgan fingerprint density at radius 2 is 1.21 bits per heavy atom. The number of rotatable bonds is 11. The molecule has 1 aliphatic carbocycles. The molecule has 0 fully saturated rings. The third-order valence-electron chi connectivity index (χ3n) is 6.29. The Morgan fingerprint density at radius 1 is 0.684 bits per heavy atom. The highest BCUT2D eigenvalue weighted by Gasteiger charge is 2.45. The van der Waals surface area contributed by atoms with Gasteiger partial charge in [0.2, 0.25) is 11.5 Å². The first kappa shape index (κ1) is 28.5. The lowest BCUT2D eigenvalue weighted by molar-refractivity contribution is -0.150. The zero-order valence-corrected chi connectivity index (χ0v) is 23.0. The number of carbonyl (C=O) groups excluding carboxylic acids is 2. The summed E-state index contributed by atoms with van der Waals surface area (Å²) in [5.41, 5.74) is 1.89. The van der Waals surface area contributed by atoms with Crippen molar-refractivity contribution in [3.05, 3.63) is 40.5 Å². The molecule has 0 spiro atoms. The number of hydrogen-bond donors (Lipinski definition) is 0. The van der Waals surface area contributed by atoms with E-state index in [4.69, 9.17) is 37.9 Å². The molecular weight excluding hydrogens is 496 g/mol. The van der Waals surface area contributed by atoms with E-state index in [9.17, 15) is 9.59 Å². The third-order valence-corrected chi connectivity index (χ3v) is 6.29. The van der Waals surface area contributed by atoms with Gasteiger partial charge in [-0.3, -0.25) is 4.79 Å². The fourth-order valence-electron chi connectivity index (χ4n) is 4.78.